The zero-order valence-electron chi connectivity index (χ0n) is 17.8. The number of rotatable bonds is 7. The lowest BCUT2D eigenvalue weighted by molar-refractivity contribution is 0.326. The molecule has 0 aliphatic carbocycles. The van der Waals surface area contributed by atoms with Gasteiger partial charge in [-0.05, 0) is 30.0 Å². The summed E-state index contributed by atoms with van der Waals surface area (Å²) in [4.78, 5) is 11.0. The Kier molecular flexibility index (Phi) is 9.71. The highest BCUT2D eigenvalue weighted by Crippen LogP contribution is 2.25. The van der Waals surface area contributed by atoms with E-state index in [4.69, 9.17) is 4.74 Å². The Bertz CT molecular complexity index is 753. The maximum absolute atomic E-state index is 5.90. The van der Waals surface area contributed by atoms with Crippen molar-refractivity contribution in [1.82, 2.24) is 25.0 Å². The van der Waals surface area contributed by atoms with Crippen LogP contribution < -0.4 is 10.1 Å². The number of guanidine groups is 1. The zero-order chi connectivity index (χ0) is 19.9. The molecule has 0 fully saturated rings. The summed E-state index contributed by atoms with van der Waals surface area (Å²) in [6, 6.07) is 8.27. The molecule has 0 aliphatic heterocycles. The fourth-order valence-electron chi connectivity index (χ4n) is 2.59. The molecule has 2 rings (SSSR count). The van der Waals surface area contributed by atoms with Crippen LogP contribution in [-0.4, -0.2) is 52.4 Å². The van der Waals surface area contributed by atoms with Crippen LogP contribution in [0.15, 0.2) is 35.6 Å². The number of aromatic nitrogens is 3. The maximum Gasteiger partial charge on any atom is 0.194 e. The Morgan fingerprint density at radius 3 is 2.68 bits per heavy atom. The lowest BCUT2D eigenvalue weighted by Crippen LogP contribution is -2.39. The molecule has 0 saturated heterocycles. The predicted molar refractivity (Wildman–Crippen MR) is 125 cm³/mol. The number of hydrogen-bond donors (Lipinski definition) is 1. The summed E-state index contributed by atoms with van der Waals surface area (Å²) in [5.41, 5.74) is 1.37. The molecule has 2 aromatic rings. The van der Waals surface area contributed by atoms with E-state index in [0.29, 0.717) is 19.7 Å². The third-order valence-electron chi connectivity index (χ3n) is 4.20. The van der Waals surface area contributed by atoms with Crippen LogP contribution in [0.2, 0.25) is 0 Å². The normalized spacial score (nSPS) is 11.7. The van der Waals surface area contributed by atoms with Crippen LogP contribution >= 0.6 is 24.0 Å². The second kappa shape index (κ2) is 11.2. The van der Waals surface area contributed by atoms with Gasteiger partial charge in [0, 0.05) is 20.6 Å². The lowest BCUT2D eigenvalue weighted by atomic mass is 9.87. The Hall–Kier alpha value is -1.84. The summed E-state index contributed by atoms with van der Waals surface area (Å²) in [6.45, 7) is 11.2. The van der Waals surface area contributed by atoms with Gasteiger partial charge in [0.05, 0.1) is 13.1 Å². The molecule has 1 heterocycles. The number of nitrogens with zero attached hydrogens (tertiary/aromatic N) is 5. The molecule has 0 saturated carbocycles. The summed E-state index contributed by atoms with van der Waals surface area (Å²) in [6.07, 6.45) is 1.56. The molecule has 28 heavy (non-hydrogen) atoms. The van der Waals surface area contributed by atoms with Gasteiger partial charge in [-0.1, -0.05) is 32.9 Å². The third-order valence-corrected chi connectivity index (χ3v) is 4.20. The summed E-state index contributed by atoms with van der Waals surface area (Å²) in [5, 5.41) is 7.41. The number of nitrogens with one attached hydrogen (secondary N) is 1. The van der Waals surface area contributed by atoms with Gasteiger partial charge >= 0.3 is 0 Å². The average molecular weight is 500 g/mol. The Labute approximate surface area is 185 Å². The lowest BCUT2D eigenvalue weighted by Gasteiger charge is -2.21. The summed E-state index contributed by atoms with van der Waals surface area (Å²) in [7, 11) is 3.88. The molecule has 8 heteroatoms. The van der Waals surface area contributed by atoms with E-state index in [1.165, 1.54) is 5.56 Å². The number of aryl methyl sites for hydroxylation is 1. The first-order valence-electron chi connectivity index (χ1n) is 9.37. The largest absolute Gasteiger partial charge is 0.492 e. The van der Waals surface area contributed by atoms with Crippen molar-refractivity contribution >= 4 is 29.9 Å². The summed E-state index contributed by atoms with van der Waals surface area (Å²) >= 11 is 0. The molecule has 0 atom stereocenters. The minimum Gasteiger partial charge on any atom is -0.492 e. The zero-order valence-corrected chi connectivity index (χ0v) is 20.1. The Morgan fingerprint density at radius 1 is 1.32 bits per heavy atom. The molecule has 0 radical (unpaired) electrons. The first-order chi connectivity index (χ1) is 12.8. The van der Waals surface area contributed by atoms with E-state index < -0.39 is 0 Å². The highest BCUT2D eigenvalue weighted by Gasteiger charge is 2.14. The Morgan fingerprint density at radius 2 is 2.07 bits per heavy atom. The second-order valence-electron chi connectivity index (χ2n) is 7.52. The SMILES string of the molecule is CCNC(=NCCOc1cccc(C(C)(C)C)c1)N(C)Cc1ncnn1C.I. The second-order valence-corrected chi connectivity index (χ2v) is 7.52. The minimum absolute atomic E-state index is 0. The van der Waals surface area contributed by atoms with Gasteiger partial charge in [0.1, 0.15) is 24.5 Å². The fraction of sp³-hybridized carbons (Fsp3) is 0.550. The van der Waals surface area contributed by atoms with Crippen molar-refractivity contribution in [3.63, 3.8) is 0 Å². The van der Waals surface area contributed by atoms with Gasteiger partial charge in [0.25, 0.3) is 0 Å². The number of hydrogen-bond acceptors (Lipinski definition) is 4. The molecule has 0 aliphatic rings. The van der Waals surface area contributed by atoms with Crippen LogP contribution in [-0.2, 0) is 19.0 Å². The van der Waals surface area contributed by atoms with Gasteiger partial charge in [-0.25, -0.2) is 9.98 Å². The molecule has 1 aromatic carbocycles. The molecular weight excluding hydrogens is 467 g/mol. The number of halogens is 1. The monoisotopic (exact) mass is 500 g/mol. The van der Waals surface area contributed by atoms with Crippen molar-refractivity contribution in [2.24, 2.45) is 12.0 Å². The highest BCUT2D eigenvalue weighted by atomic mass is 127. The van der Waals surface area contributed by atoms with Crippen LogP contribution in [0, 0.1) is 0 Å². The molecule has 1 N–H and O–H groups in total. The molecule has 0 unspecified atom stereocenters. The fourth-order valence-corrected chi connectivity index (χ4v) is 2.59. The summed E-state index contributed by atoms with van der Waals surface area (Å²) in [5.74, 6) is 2.60. The molecule has 1 aromatic heterocycles. The van der Waals surface area contributed by atoms with Crippen LogP contribution in [0.3, 0.4) is 0 Å². The van der Waals surface area contributed by atoms with Gasteiger partial charge in [-0.3, -0.25) is 4.68 Å². The van der Waals surface area contributed by atoms with Gasteiger partial charge in [-0.15, -0.1) is 24.0 Å². The highest BCUT2D eigenvalue weighted by molar-refractivity contribution is 14.0. The third kappa shape index (κ3) is 7.29. The van der Waals surface area contributed by atoms with Gasteiger partial charge < -0.3 is 15.0 Å². The maximum atomic E-state index is 5.90. The van der Waals surface area contributed by atoms with Crippen molar-refractivity contribution in [1.29, 1.82) is 0 Å². The van der Waals surface area contributed by atoms with E-state index in [1.54, 1.807) is 11.0 Å². The van der Waals surface area contributed by atoms with Gasteiger partial charge in [-0.2, -0.15) is 5.10 Å². The number of benzene rings is 1. The van der Waals surface area contributed by atoms with E-state index in [9.17, 15) is 0 Å². The molecule has 7 nitrogen and oxygen atoms in total. The van der Waals surface area contributed by atoms with E-state index in [1.807, 2.05) is 31.1 Å². The van der Waals surface area contributed by atoms with E-state index >= 15 is 0 Å². The topological polar surface area (TPSA) is 67.6 Å². The quantitative estimate of drug-likeness (QED) is 0.274. The smallest absolute Gasteiger partial charge is 0.194 e. The van der Waals surface area contributed by atoms with Crippen molar-refractivity contribution in [2.45, 2.75) is 39.7 Å². The van der Waals surface area contributed by atoms with Crippen molar-refractivity contribution in [3.8, 4) is 5.75 Å². The molecule has 0 amide bonds. The van der Waals surface area contributed by atoms with Crippen LogP contribution in [0.25, 0.3) is 0 Å². The first-order valence-corrected chi connectivity index (χ1v) is 9.37. The molecule has 0 spiro atoms. The summed E-state index contributed by atoms with van der Waals surface area (Å²) < 4.78 is 7.66. The minimum atomic E-state index is 0. The number of aliphatic imine (C=N–C) groups is 1. The van der Waals surface area contributed by atoms with Crippen LogP contribution in [0.1, 0.15) is 39.1 Å². The van der Waals surface area contributed by atoms with Gasteiger partial charge in [0.15, 0.2) is 5.96 Å². The Balaban J connectivity index is 0.00000392. The van der Waals surface area contributed by atoms with Crippen molar-refractivity contribution in [2.75, 3.05) is 26.7 Å². The van der Waals surface area contributed by atoms with Crippen LogP contribution in [0.5, 0.6) is 5.75 Å². The van der Waals surface area contributed by atoms with Crippen molar-refractivity contribution < 1.29 is 4.74 Å². The van der Waals surface area contributed by atoms with E-state index in [2.05, 4.69) is 60.2 Å². The predicted octanol–water partition coefficient (Wildman–Crippen LogP) is 3.21. The van der Waals surface area contributed by atoms with E-state index in [-0.39, 0.29) is 29.4 Å². The van der Waals surface area contributed by atoms with Gasteiger partial charge in [0.2, 0.25) is 0 Å². The van der Waals surface area contributed by atoms with E-state index in [0.717, 1.165) is 24.1 Å². The average Bonchev–Trinajstić information content (AvgIpc) is 3.02. The number of ether oxygens (including phenoxy) is 1. The molecule has 0 bridgehead atoms. The standard InChI is InChI=1S/C20H32N6O.HI/c1-7-21-19(25(5)14-18-23-15-24-26(18)6)22-11-12-27-17-10-8-9-16(13-17)20(2,3)4;/h8-10,13,15H,7,11-12,14H2,1-6H3,(H,21,22);1H. The molecular formula is C20H33IN6O. The van der Waals surface area contributed by atoms with Crippen LogP contribution in [0.4, 0.5) is 0 Å². The van der Waals surface area contributed by atoms with Crippen molar-refractivity contribution in [3.05, 3.63) is 42.0 Å². The molecule has 156 valence electrons. The first kappa shape index (κ1) is 24.2.